The fourth-order valence-electron chi connectivity index (χ4n) is 1.59. The second kappa shape index (κ2) is 8.06. The van der Waals surface area contributed by atoms with Gasteiger partial charge >= 0.3 is 0 Å². The molecular weight excluding hydrogens is 256 g/mol. The van der Waals surface area contributed by atoms with Gasteiger partial charge in [-0.2, -0.15) is 0 Å². The van der Waals surface area contributed by atoms with Crippen LogP contribution >= 0.6 is 0 Å². The molecule has 0 atom stereocenters. The smallest absolute Gasteiger partial charge is 0.275 e. The third kappa shape index (κ3) is 4.17. The van der Waals surface area contributed by atoms with Crippen LogP contribution in [-0.4, -0.2) is 56.9 Å². The normalized spacial score (nSPS) is 11.1. The minimum Gasteiger partial charge on any atom is -0.383 e. The Labute approximate surface area is 119 Å². The number of hydrogen-bond donors (Lipinski definition) is 0. The molecule has 0 aromatic carbocycles. The Morgan fingerprint density at radius 1 is 1.55 bits per heavy atom. The summed E-state index contributed by atoms with van der Waals surface area (Å²) in [4.78, 5) is 23.5. The SMILES string of the molecule is C=N/C=C(/C(=O)N(C)c1cccnc1)N(C)CCOC. The highest BCUT2D eigenvalue weighted by atomic mass is 16.5. The molecular formula is C14H20N4O2. The predicted molar refractivity (Wildman–Crippen MR) is 79.8 cm³/mol. The zero-order valence-corrected chi connectivity index (χ0v) is 12.1. The van der Waals surface area contributed by atoms with Crippen molar-refractivity contribution in [1.29, 1.82) is 0 Å². The molecule has 0 N–H and O–H groups in total. The van der Waals surface area contributed by atoms with Crippen molar-refractivity contribution in [1.82, 2.24) is 9.88 Å². The van der Waals surface area contributed by atoms with E-state index in [1.165, 1.54) is 11.1 Å². The number of aliphatic imine (C=N–C) groups is 1. The number of amides is 1. The lowest BCUT2D eigenvalue weighted by Crippen LogP contribution is -2.36. The van der Waals surface area contributed by atoms with E-state index < -0.39 is 0 Å². The standard InChI is InChI=1S/C14H20N4O2/c1-15-11-13(17(2)8-9-20-4)14(19)18(3)12-6-5-7-16-10-12/h5-7,10-11H,1,8-9H2,2-4H3/b13-11-. The van der Waals surface area contributed by atoms with Crippen LogP contribution in [0.2, 0.25) is 0 Å². The highest BCUT2D eigenvalue weighted by molar-refractivity contribution is 6.04. The van der Waals surface area contributed by atoms with Crippen LogP contribution in [0, 0.1) is 0 Å². The van der Waals surface area contributed by atoms with E-state index in [2.05, 4.69) is 16.7 Å². The van der Waals surface area contributed by atoms with Gasteiger partial charge in [-0.05, 0) is 18.9 Å². The van der Waals surface area contributed by atoms with Gasteiger partial charge in [-0.1, -0.05) is 0 Å². The Kier molecular flexibility index (Phi) is 6.39. The number of nitrogens with zero attached hydrogens (tertiary/aromatic N) is 4. The van der Waals surface area contributed by atoms with E-state index in [9.17, 15) is 4.79 Å². The molecule has 0 spiro atoms. The zero-order valence-electron chi connectivity index (χ0n) is 12.1. The van der Waals surface area contributed by atoms with Crippen molar-refractivity contribution >= 4 is 18.3 Å². The van der Waals surface area contributed by atoms with Gasteiger partial charge in [0, 0.05) is 33.9 Å². The van der Waals surface area contributed by atoms with Crippen molar-refractivity contribution in [3.63, 3.8) is 0 Å². The zero-order chi connectivity index (χ0) is 15.0. The van der Waals surface area contributed by atoms with Crippen molar-refractivity contribution in [2.24, 2.45) is 4.99 Å². The van der Waals surface area contributed by atoms with Crippen molar-refractivity contribution in [2.75, 3.05) is 39.3 Å². The molecule has 0 bridgehead atoms. The minimum absolute atomic E-state index is 0.177. The lowest BCUT2D eigenvalue weighted by Gasteiger charge is -2.25. The maximum atomic E-state index is 12.5. The maximum absolute atomic E-state index is 12.5. The van der Waals surface area contributed by atoms with Crippen LogP contribution in [0.4, 0.5) is 5.69 Å². The van der Waals surface area contributed by atoms with Gasteiger partial charge in [0.25, 0.3) is 5.91 Å². The Balaban J connectivity index is 2.89. The molecule has 0 aliphatic carbocycles. The summed E-state index contributed by atoms with van der Waals surface area (Å²) < 4.78 is 5.02. The first-order chi connectivity index (χ1) is 9.61. The van der Waals surface area contributed by atoms with Crippen LogP contribution in [0.1, 0.15) is 0 Å². The molecule has 20 heavy (non-hydrogen) atoms. The van der Waals surface area contributed by atoms with E-state index >= 15 is 0 Å². The molecule has 6 nitrogen and oxygen atoms in total. The summed E-state index contributed by atoms with van der Waals surface area (Å²) >= 11 is 0. The Bertz CT molecular complexity index is 473. The van der Waals surface area contributed by atoms with Gasteiger partial charge in [-0.25, -0.2) is 0 Å². The Morgan fingerprint density at radius 3 is 2.85 bits per heavy atom. The number of aromatic nitrogens is 1. The average molecular weight is 276 g/mol. The highest BCUT2D eigenvalue weighted by Crippen LogP contribution is 2.14. The summed E-state index contributed by atoms with van der Waals surface area (Å²) in [6, 6.07) is 3.60. The fourth-order valence-corrected chi connectivity index (χ4v) is 1.59. The predicted octanol–water partition coefficient (Wildman–Crippen LogP) is 1.16. The van der Waals surface area contributed by atoms with Crippen molar-refractivity contribution in [3.05, 3.63) is 36.4 Å². The van der Waals surface area contributed by atoms with Crippen molar-refractivity contribution < 1.29 is 9.53 Å². The van der Waals surface area contributed by atoms with Crippen molar-refractivity contribution in [3.8, 4) is 0 Å². The minimum atomic E-state index is -0.177. The summed E-state index contributed by atoms with van der Waals surface area (Å²) in [5, 5.41) is 0. The average Bonchev–Trinajstić information content (AvgIpc) is 2.49. The monoisotopic (exact) mass is 276 g/mol. The number of carbonyl (C=O) groups excluding carboxylic acids is 1. The van der Waals surface area contributed by atoms with Crippen LogP contribution in [0.25, 0.3) is 0 Å². The third-order valence-electron chi connectivity index (χ3n) is 2.81. The molecule has 1 amide bonds. The van der Waals surface area contributed by atoms with E-state index in [1.54, 1.807) is 37.5 Å². The quantitative estimate of drug-likeness (QED) is 0.554. The molecule has 0 unspecified atom stereocenters. The molecule has 0 radical (unpaired) electrons. The number of carbonyl (C=O) groups is 1. The van der Waals surface area contributed by atoms with Crippen molar-refractivity contribution in [2.45, 2.75) is 0 Å². The van der Waals surface area contributed by atoms with Gasteiger partial charge in [-0.3, -0.25) is 14.8 Å². The molecule has 0 saturated carbocycles. The molecule has 6 heteroatoms. The molecule has 1 heterocycles. The third-order valence-corrected chi connectivity index (χ3v) is 2.81. The topological polar surface area (TPSA) is 58.0 Å². The van der Waals surface area contributed by atoms with Gasteiger partial charge in [0.15, 0.2) is 0 Å². The number of methoxy groups -OCH3 is 1. The molecule has 1 aromatic rings. The van der Waals surface area contributed by atoms with Gasteiger partial charge in [0.1, 0.15) is 5.70 Å². The van der Waals surface area contributed by atoms with E-state index in [4.69, 9.17) is 4.74 Å². The number of rotatable bonds is 7. The Morgan fingerprint density at radius 2 is 2.30 bits per heavy atom. The van der Waals surface area contributed by atoms with Gasteiger partial charge in [0.2, 0.25) is 0 Å². The van der Waals surface area contributed by atoms with Crippen LogP contribution in [-0.2, 0) is 9.53 Å². The largest absolute Gasteiger partial charge is 0.383 e. The number of hydrogen-bond acceptors (Lipinski definition) is 5. The molecule has 0 fully saturated rings. The second-order valence-corrected chi connectivity index (χ2v) is 4.19. The van der Waals surface area contributed by atoms with E-state index in [1.807, 2.05) is 13.1 Å². The van der Waals surface area contributed by atoms with E-state index in [-0.39, 0.29) is 5.91 Å². The lowest BCUT2D eigenvalue weighted by molar-refractivity contribution is -0.116. The molecule has 108 valence electrons. The summed E-state index contributed by atoms with van der Waals surface area (Å²) in [6.07, 6.45) is 4.74. The van der Waals surface area contributed by atoms with Gasteiger partial charge in [-0.15, -0.1) is 0 Å². The summed E-state index contributed by atoms with van der Waals surface area (Å²) in [5.41, 5.74) is 1.16. The van der Waals surface area contributed by atoms with Gasteiger partial charge in [0.05, 0.1) is 24.7 Å². The number of anilines is 1. The molecule has 1 aromatic heterocycles. The second-order valence-electron chi connectivity index (χ2n) is 4.19. The van der Waals surface area contributed by atoms with Gasteiger partial charge < -0.3 is 14.5 Å². The lowest BCUT2D eigenvalue weighted by atomic mass is 10.3. The Hall–Kier alpha value is -2.21. The number of ether oxygens (including phenoxy) is 1. The molecule has 0 aliphatic rings. The highest BCUT2D eigenvalue weighted by Gasteiger charge is 2.19. The first-order valence-corrected chi connectivity index (χ1v) is 6.16. The van der Waals surface area contributed by atoms with E-state index in [0.29, 0.717) is 24.5 Å². The molecule has 0 saturated heterocycles. The van der Waals surface area contributed by atoms with Crippen LogP contribution in [0.15, 0.2) is 41.4 Å². The van der Waals surface area contributed by atoms with Crippen LogP contribution < -0.4 is 4.90 Å². The van der Waals surface area contributed by atoms with Crippen LogP contribution in [0.3, 0.4) is 0 Å². The first-order valence-electron chi connectivity index (χ1n) is 6.16. The number of likely N-dealkylation sites (N-methyl/N-ethyl adjacent to an activating group) is 2. The number of pyridine rings is 1. The molecule has 0 aliphatic heterocycles. The first kappa shape index (κ1) is 15.8. The molecule has 1 rings (SSSR count). The van der Waals surface area contributed by atoms with E-state index in [0.717, 1.165) is 0 Å². The van der Waals surface area contributed by atoms with Crippen LogP contribution in [0.5, 0.6) is 0 Å². The fraction of sp³-hybridized carbons (Fsp3) is 0.357. The maximum Gasteiger partial charge on any atom is 0.275 e. The summed E-state index contributed by atoms with van der Waals surface area (Å²) in [5.74, 6) is -0.177. The summed E-state index contributed by atoms with van der Waals surface area (Å²) in [6.45, 7) is 4.52. The summed E-state index contributed by atoms with van der Waals surface area (Å²) in [7, 11) is 5.12.